The zero-order valence-electron chi connectivity index (χ0n) is 23.0. The Balaban J connectivity index is 1.78. The summed E-state index contributed by atoms with van der Waals surface area (Å²) >= 11 is 6.40. The summed E-state index contributed by atoms with van der Waals surface area (Å²) < 4.78 is 20.8. The Hall–Kier alpha value is -2.16. The molecule has 0 bridgehead atoms. The minimum Gasteiger partial charge on any atom is -0.441 e. The molecule has 2 fully saturated rings. The van der Waals surface area contributed by atoms with Crippen LogP contribution < -0.4 is 11.1 Å². The van der Waals surface area contributed by atoms with Gasteiger partial charge in [0.2, 0.25) is 5.91 Å². The molecule has 9 atom stereocenters. The molecular formula is C26H41ClN2O11. The number of halogens is 1. The molecule has 13 nitrogen and oxygen atoms in total. The summed E-state index contributed by atoms with van der Waals surface area (Å²) in [5, 5.41) is 42.1. The third kappa shape index (κ3) is 7.98. The highest BCUT2D eigenvalue weighted by atomic mass is 35.5. The molecule has 2 aliphatic heterocycles. The van der Waals surface area contributed by atoms with Crippen molar-refractivity contribution in [3.05, 3.63) is 22.1 Å². The highest BCUT2D eigenvalue weighted by molar-refractivity contribution is 6.21. The van der Waals surface area contributed by atoms with E-state index in [0.29, 0.717) is 25.7 Å². The lowest BCUT2D eigenvalue weighted by atomic mass is 9.90. The fraction of sp³-hybridized carbons (Fsp3) is 0.808. The minimum absolute atomic E-state index is 0.0605. The molecule has 2 saturated heterocycles. The zero-order chi connectivity index (χ0) is 29.6. The number of ether oxygens (including phenoxy) is 2. The topological polar surface area (TPSA) is 192 Å². The first-order valence-corrected chi connectivity index (χ1v) is 14.2. The van der Waals surface area contributed by atoms with E-state index in [2.05, 4.69) is 5.32 Å². The van der Waals surface area contributed by atoms with Gasteiger partial charge < -0.3 is 44.1 Å². The minimum atomic E-state index is -1.52. The van der Waals surface area contributed by atoms with Crippen molar-refractivity contribution in [1.29, 1.82) is 0 Å². The number of nitrogens with zero attached hydrogens (tertiary/aromatic N) is 1. The van der Waals surface area contributed by atoms with Crippen LogP contribution in [0.1, 0.15) is 63.9 Å². The summed E-state index contributed by atoms with van der Waals surface area (Å²) in [6.07, 6.45) is -3.16. The molecule has 0 aromatic carbocycles. The monoisotopic (exact) mass is 592 g/mol. The Morgan fingerprint density at radius 2 is 1.85 bits per heavy atom. The second kappa shape index (κ2) is 14.6. The van der Waals surface area contributed by atoms with E-state index in [1.165, 1.54) is 18.7 Å². The van der Waals surface area contributed by atoms with Gasteiger partial charge in [-0.1, -0.05) is 12.8 Å². The Morgan fingerprint density at radius 1 is 1.12 bits per heavy atom. The van der Waals surface area contributed by atoms with Crippen molar-refractivity contribution in [2.24, 2.45) is 5.92 Å². The van der Waals surface area contributed by atoms with Crippen LogP contribution in [0.3, 0.4) is 0 Å². The van der Waals surface area contributed by atoms with Gasteiger partial charge in [0.25, 0.3) is 0 Å². The van der Waals surface area contributed by atoms with Crippen LogP contribution in [-0.4, -0.2) is 98.5 Å². The van der Waals surface area contributed by atoms with Gasteiger partial charge in [-0.05, 0) is 52.4 Å². The van der Waals surface area contributed by atoms with E-state index < -0.39 is 65.8 Å². The van der Waals surface area contributed by atoms with Crippen molar-refractivity contribution in [2.75, 3.05) is 13.2 Å². The van der Waals surface area contributed by atoms with Gasteiger partial charge in [-0.15, -0.1) is 11.6 Å². The number of aliphatic hydroxyl groups excluding tert-OH is 4. The smallest absolute Gasteiger partial charge is 0.441 e. The van der Waals surface area contributed by atoms with Crippen molar-refractivity contribution >= 4 is 23.6 Å². The fourth-order valence-corrected chi connectivity index (χ4v) is 5.52. The van der Waals surface area contributed by atoms with Crippen molar-refractivity contribution < 1.29 is 48.3 Å². The van der Waals surface area contributed by atoms with E-state index >= 15 is 0 Å². The maximum Gasteiger partial charge on any atom is 0.519 e. The average molecular weight is 593 g/mol. The molecule has 0 spiro atoms. The van der Waals surface area contributed by atoms with E-state index in [0.717, 1.165) is 12.8 Å². The Labute approximate surface area is 237 Å². The molecule has 1 aromatic heterocycles. The Morgan fingerprint density at radius 3 is 2.48 bits per heavy atom. The summed E-state index contributed by atoms with van der Waals surface area (Å²) in [4.78, 5) is 39.5. The first-order valence-electron chi connectivity index (χ1n) is 13.7. The van der Waals surface area contributed by atoms with Crippen LogP contribution in [0.15, 0.2) is 13.6 Å². The molecule has 3 rings (SSSR count). The molecule has 2 aliphatic rings. The number of rotatable bonds is 10. The number of likely N-dealkylation sites (tertiary alicyclic amines) is 1. The number of carbonyl (C=O) groups excluding carboxylic acids is 2. The number of amides is 2. The summed E-state index contributed by atoms with van der Waals surface area (Å²) in [5.41, 5.74) is 0. The van der Waals surface area contributed by atoms with Gasteiger partial charge in [0.15, 0.2) is 18.1 Å². The SMILES string of the molecule is Cc1oc(=O)oc1COC(=O)N1CC[C@@H](CCCCO)CC[C@H]1C(=O)N[C@@H]([C@H]1O[C@H](C)[C@H](O)[C@@H](O)[C@H]1O)[C@H](C)Cl. The van der Waals surface area contributed by atoms with Crippen LogP contribution >= 0.6 is 11.6 Å². The number of nitrogens with one attached hydrogen (secondary N) is 1. The maximum atomic E-state index is 13.7. The molecule has 228 valence electrons. The molecule has 5 N–H and O–H groups in total. The molecular weight excluding hydrogens is 552 g/mol. The second-order valence-electron chi connectivity index (χ2n) is 10.6. The molecule has 40 heavy (non-hydrogen) atoms. The van der Waals surface area contributed by atoms with Crippen LogP contribution in [-0.2, 0) is 20.9 Å². The van der Waals surface area contributed by atoms with E-state index in [4.69, 9.17) is 35.0 Å². The lowest BCUT2D eigenvalue weighted by Gasteiger charge is -2.43. The van der Waals surface area contributed by atoms with Gasteiger partial charge in [0.05, 0.1) is 17.5 Å². The number of hydrogen-bond acceptors (Lipinski definition) is 11. The molecule has 0 radical (unpaired) electrons. The van der Waals surface area contributed by atoms with E-state index in [1.807, 2.05) is 0 Å². The number of unbranched alkanes of at least 4 members (excludes halogenated alkanes) is 1. The average Bonchev–Trinajstić information content (AvgIpc) is 3.09. The Bertz CT molecular complexity index is 1030. The number of aliphatic hydroxyl groups is 4. The molecule has 0 aliphatic carbocycles. The summed E-state index contributed by atoms with van der Waals surface area (Å²) in [6.45, 7) is 4.59. The maximum absolute atomic E-state index is 13.7. The van der Waals surface area contributed by atoms with Crippen molar-refractivity contribution in [1.82, 2.24) is 10.2 Å². The lowest BCUT2D eigenvalue weighted by Crippen LogP contribution is -2.65. The third-order valence-corrected chi connectivity index (χ3v) is 8.04. The van der Waals surface area contributed by atoms with Crippen LogP contribution in [0, 0.1) is 12.8 Å². The quantitative estimate of drug-likeness (QED) is 0.190. The molecule has 0 unspecified atom stereocenters. The van der Waals surface area contributed by atoms with Gasteiger partial charge in [-0.3, -0.25) is 9.69 Å². The van der Waals surface area contributed by atoms with Gasteiger partial charge in [0, 0.05) is 13.2 Å². The van der Waals surface area contributed by atoms with Gasteiger partial charge in [-0.2, -0.15) is 0 Å². The largest absolute Gasteiger partial charge is 0.519 e. The van der Waals surface area contributed by atoms with E-state index in [9.17, 15) is 29.7 Å². The van der Waals surface area contributed by atoms with Crippen LogP contribution in [0.4, 0.5) is 4.79 Å². The molecule has 14 heteroatoms. The lowest BCUT2D eigenvalue weighted by molar-refractivity contribution is -0.223. The zero-order valence-corrected chi connectivity index (χ0v) is 23.8. The second-order valence-corrected chi connectivity index (χ2v) is 11.3. The van der Waals surface area contributed by atoms with E-state index in [-0.39, 0.29) is 37.2 Å². The number of alkyl halides is 1. The van der Waals surface area contributed by atoms with Crippen LogP contribution in [0.5, 0.6) is 0 Å². The molecule has 2 amide bonds. The summed E-state index contributed by atoms with van der Waals surface area (Å²) in [6, 6.07) is -1.91. The van der Waals surface area contributed by atoms with Crippen molar-refractivity contribution in [2.45, 2.75) is 114 Å². The number of hydrogen-bond donors (Lipinski definition) is 5. The number of aryl methyl sites for hydroxylation is 1. The van der Waals surface area contributed by atoms with Crippen molar-refractivity contribution in [3.63, 3.8) is 0 Å². The van der Waals surface area contributed by atoms with Gasteiger partial charge in [0.1, 0.15) is 30.5 Å². The Kier molecular flexibility index (Phi) is 11.8. The number of carbonyl (C=O) groups is 2. The van der Waals surface area contributed by atoms with Crippen LogP contribution in [0.25, 0.3) is 0 Å². The van der Waals surface area contributed by atoms with E-state index in [1.54, 1.807) is 6.92 Å². The predicted molar refractivity (Wildman–Crippen MR) is 141 cm³/mol. The summed E-state index contributed by atoms with van der Waals surface area (Å²) in [5.74, 6) is -0.997. The summed E-state index contributed by atoms with van der Waals surface area (Å²) in [7, 11) is 0. The highest BCUT2D eigenvalue weighted by Crippen LogP contribution is 2.29. The van der Waals surface area contributed by atoms with Crippen molar-refractivity contribution in [3.8, 4) is 0 Å². The molecule has 3 heterocycles. The highest BCUT2D eigenvalue weighted by Gasteiger charge is 2.47. The molecule has 0 saturated carbocycles. The predicted octanol–water partition coefficient (Wildman–Crippen LogP) is 0.793. The standard InChI is InChI=1S/C26H41ClN2O11/c1-13(27)19(23-22(33)21(32)20(31)15(3)38-23)28-24(34)17-8-7-16(6-4-5-11-30)9-10-29(17)25(35)37-12-18-14(2)39-26(36)40-18/h13,15-17,19-23,30-33H,4-12H2,1-3H3,(H,28,34)/t13-,15+,16-,17-,19+,20-,21+,22+,23+/m0/s1. The van der Waals surface area contributed by atoms with Gasteiger partial charge in [-0.25, -0.2) is 9.59 Å². The molecule has 1 aromatic rings. The fourth-order valence-electron chi connectivity index (χ4n) is 5.31. The first kappa shape index (κ1) is 32.4. The van der Waals surface area contributed by atoms with Gasteiger partial charge >= 0.3 is 11.9 Å². The third-order valence-electron chi connectivity index (χ3n) is 7.77. The first-order chi connectivity index (χ1) is 18.9. The van der Waals surface area contributed by atoms with Crippen LogP contribution in [0.2, 0.25) is 0 Å². The normalized spacial score (nSPS) is 30.8.